The Hall–Kier alpha value is -1.17. The van der Waals surface area contributed by atoms with E-state index in [0.29, 0.717) is 65.4 Å². The van der Waals surface area contributed by atoms with Gasteiger partial charge in [-0.15, -0.1) is 11.8 Å². The Bertz CT molecular complexity index is 761. The molecule has 0 aliphatic carbocycles. The van der Waals surface area contributed by atoms with Gasteiger partial charge in [0.2, 0.25) is 5.91 Å². The molecule has 28 heavy (non-hydrogen) atoms. The van der Waals surface area contributed by atoms with Crippen molar-refractivity contribution in [2.45, 2.75) is 11.3 Å². The zero-order chi connectivity index (χ0) is 20.0. The van der Waals surface area contributed by atoms with Crippen molar-refractivity contribution in [3.8, 4) is 0 Å². The minimum atomic E-state index is -3.41. The van der Waals surface area contributed by atoms with Crippen molar-refractivity contribution in [3.63, 3.8) is 0 Å². The molecule has 2 saturated heterocycles. The van der Waals surface area contributed by atoms with Crippen molar-refractivity contribution in [2.75, 3.05) is 70.6 Å². The number of nitrogens with zero attached hydrogens (tertiary/aromatic N) is 3. The van der Waals surface area contributed by atoms with E-state index in [9.17, 15) is 13.2 Å². The van der Waals surface area contributed by atoms with Crippen molar-refractivity contribution >= 4 is 33.6 Å². The van der Waals surface area contributed by atoms with Crippen LogP contribution in [0.15, 0.2) is 29.2 Å². The van der Waals surface area contributed by atoms with Crippen LogP contribution in [0.1, 0.15) is 6.42 Å². The Labute approximate surface area is 171 Å². The van der Waals surface area contributed by atoms with E-state index < -0.39 is 10.2 Å². The number of amides is 1. The summed E-state index contributed by atoms with van der Waals surface area (Å²) in [7, 11) is -3.41. The first-order chi connectivity index (χ1) is 13.5. The van der Waals surface area contributed by atoms with Gasteiger partial charge in [0.25, 0.3) is 10.2 Å². The maximum Gasteiger partial charge on any atom is 0.282 e. The first kappa shape index (κ1) is 21.5. The van der Waals surface area contributed by atoms with E-state index in [1.165, 1.54) is 4.31 Å². The summed E-state index contributed by atoms with van der Waals surface area (Å²) < 4.78 is 33.7. The Morgan fingerprint density at radius 1 is 1.07 bits per heavy atom. The fraction of sp³-hybridized carbons (Fsp3) is 0.611. The number of piperazine rings is 1. The summed E-state index contributed by atoms with van der Waals surface area (Å²) >= 11 is 1.60. The first-order valence-electron chi connectivity index (χ1n) is 9.49. The second kappa shape index (κ2) is 10.0. The van der Waals surface area contributed by atoms with Gasteiger partial charge in [0.05, 0.1) is 18.9 Å². The average Bonchev–Trinajstić information content (AvgIpc) is 2.73. The molecule has 0 atom stereocenters. The third-order valence-corrected chi connectivity index (χ3v) is 7.82. The molecule has 8 nitrogen and oxygen atoms in total. The molecule has 2 aliphatic rings. The Morgan fingerprint density at radius 3 is 2.39 bits per heavy atom. The molecule has 3 rings (SSSR count). The summed E-state index contributed by atoms with van der Waals surface area (Å²) in [5.41, 5.74) is 0.835. The number of anilines is 1. The lowest BCUT2D eigenvalue weighted by molar-refractivity contribution is -0.116. The fourth-order valence-electron chi connectivity index (χ4n) is 3.34. The van der Waals surface area contributed by atoms with E-state index in [1.807, 2.05) is 30.5 Å². The van der Waals surface area contributed by atoms with Crippen LogP contribution in [0.2, 0.25) is 0 Å². The van der Waals surface area contributed by atoms with E-state index in [2.05, 4.69) is 10.2 Å². The summed E-state index contributed by atoms with van der Waals surface area (Å²) in [6.07, 6.45) is 2.37. The maximum absolute atomic E-state index is 12.7. The molecule has 0 saturated carbocycles. The highest BCUT2D eigenvalue weighted by molar-refractivity contribution is 7.98. The van der Waals surface area contributed by atoms with Gasteiger partial charge < -0.3 is 15.0 Å². The van der Waals surface area contributed by atoms with Gasteiger partial charge in [-0.05, 0) is 18.4 Å². The van der Waals surface area contributed by atoms with Gasteiger partial charge >= 0.3 is 0 Å². The maximum atomic E-state index is 12.7. The number of morpholine rings is 1. The van der Waals surface area contributed by atoms with E-state index in [1.54, 1.807) is 16.1 Å². The molecule has 2 heterocycles. The van der Waals surface area contributed by atoms with Crippen molar-refractivity contribution in [3.05, 3.63) is 24.3 Å². The average molecular weight is 429 g/mol. The molecule has 1 aromatic rings. The topological polar surface area (TPSA) is 82.2 Å². The predicted molar refractivity (Wildman–Crippen MR) is 111 cm³/mol. The zero-order valence-corrected chi connectivity index (χ0v) is 17.8. The molecule has 0 bridgehead atoms. The lowest BCUT2D eigenvalue weighted by Crippen LogP contribution is -2.55. The quantitative estimate of drug-likeness (QED) is 0.651. The lowest BCUT2D eigenvalue weighted by Gasteiger charge is -2.37. The highest BCUT2D eigenvalue weighted by Gasteiger charge is 2.33. The van der Waals surface area contributed by atoms with Crippen LogP contribution >= 0.6 is 11.8 Å². The first-order valence-corrected chi connectivity index (χ1v) is 12.1. The molecule has 1 amide bonds. The minimum absolute atomic E-state index is 0.0233. The van der Waals surface area contributed by atoms with Gasteiger partial charge in [0, 0.05) is 57.1 Å². The van der Waals surface area contributed by atoms with Crippen molar-refractivity contribution in [1.29, 1.82) is 0 Å². The largest absolute Gasteiger partial charge is 0.379 e. The van der Waals surface area contributed by atoms with Gasteiger partial charge in [-0.2, -0.15) is 17.0 Å². The molecule has 10 heteroatoms. The monoisotopic (exact) mass is 428 g/mol. The molecule has 1 N–H and O–H groups in total. The predicted octanol–water partition coefficient (Wildman–Crippen LogP) is 0.932. The fourth-order valence-corrected chi connectivity index (χ4v) is 5.46. The highest BCUT2D eigenvalue weighted by Crippen LogP contribution is 2.24. The van der Waals surface area contributed by atoms with Crippen molar-refractivity contribution < 1.29 is 17.9 Å². The normalized spacial score (nSPS) is 20.2. The molecule has 2 fully saturated rings. The van der Waals surface area contributed by atoms with Crippen LogP contribution in [-0.4, -0.2) is 93.1 Å². The second-order valence-electron chi connectivity index (χ2n) is 6.76. The number of thioether (sulfide) groups is 1. The van der Waals surface area contributed by atoms with Crippen LogP contribution in [0.5, 0.6) is 0 Å². The number of para-hydroxylation sites is 1. The highest BCUT2D eigenvalue weighted by atomic mass is 32.2. The molecule has 0 radical (unpaired) electrons. The standard InChI is InChI=1S/C18H28N4O4S2/c1-27-17-5-3-2-4-16(17)19-18(23)6-7-20-8-10-21(11-9-20)28(24,25)22-12-14-26-15-13-22/h2-5H,6-15H2,1H3,(H,19,23). The van der Waals surface area contributed by atoms with Crippen LogP contribution in [0, 0.1) is 0 Å². The number of hydrogen-bond donors (Lipinski definition) is 1. The second-order valence-corrected chi connectivity index (χ2v) is 9.53. The molecular weight excluding hydrogens is 400 g/mol. The Kier molecular flexibility index (Phi) is 7.72. The van der Waals surface area contributed by atoms with E-state index in [0.717, 1.165) is 10.6 Å². The summed E-state index contributed by atoms with van der Waals surface area (Å²) in [5, 5.41) is 2.97. The van der Waals surface area contributed by atoms with Gasteiger partial charge in [-0.3, -0.25) is 4.79 Å². The number of nitrogens with one attached hydrogen (secondary N) is 1. The van der Waals surface area contributed by atoms with Gasteiger partial charge in [-0.25, -0.2) is 0 Å². The van der Waals surface area contributed by atoms with Crippen LogP contribution in [0.25, 0.3) is 0 Å². The molecule has 0 spiro atoms. The van der Waals surface area contributed by atoms with Gasteiger partial charge in [0.1, 0.15) is 0 Å². The van der Waals surface area contributed by atoms with Crippen LogP contribution in [0.3, 0.4) is 0 Å². The third kappa shape index (κ3) is 5.46. The number of carbonyl (C=O) groups is 1. The van der Waals surface area contributed by atoms with Gasteiger partial charge in [-0.1, -0.05) is 12.1 Å². The molecule has 2 aliphatic heterocycles. The number of benzene rings is 1. The summed E-state index contributed by atoms with van der Waals surface area (Å²) in [6, 6.07) is 7.74. The van der Waals surface area contributed by atoms with E-state index in [4.69, 9.17) is 4.74 Å². The molecular formula is C18H28N4O4S2. The number of ether oxygens (including phenoxy) is 1. The Morgan fingerprint density at radius 2 is 1.71 bits per heavy atom. The van der Waals surface area contributed by atoms with Crippen molar-refractivity contribution in [1.82, 2.24) is 13.5 Å². The van der Waals surface area contributed by atoms with E-state index in [-0.39, 0.29) is 5.91 Å². The number of carbonyl (C=O) groups excluding carboxylic acids is 1. The van der Waals surface area contributed by atoms with Gasteiger partial charge in [0.15, 0.2) is 0 Å². The van der Waals surface area contributed by atoms with Crippen molar-refractivity contribution in [2.24, 2.45) is 0 Å². The van der Waals surface area contributed by atoms with E-state index >= 15 is 0 Å². The molecule has 0 aromatic heterocycles. The van der Waals surface area contributed by atoms with Crippen LogP contribution in [0.4, 0.5) is 5.69 Å². The summed E-state index contributed by atoms with van der Waals surface area (Å²) in [4.78, 5) is 15.5. The van der Waals surface area contributed by atoms with Crippen LogP contribution in [-0.2, 0) is 19.7 Å². The minimum Gasteiger partial charge on any atom is -0.379 e. The number of hydrogen-bond acceptors (Lipinski definition) is 6. The number of rotatable bonds is 7. The molecule has 1 aromatic carbocycles. The van der Waals surface area contributed by atoms with Crippen LogP contribution < -0.4 is 5.32 Å². The lowest BCUT2D eigenvalue weighted by atomic mass is 10.3. The Balaban J connectivity index is 1.43. The third-order valence-electron chi connectivity index (χ3n) is 4.99. The molecule has 0 unspecified atom stereocenters. The smallest absolute Gasteiger partial charge is 0.282 e. The summed E-state index contributed by atoms with van der Waals surface area (Å²) in [5.74, 6) is -0.0233. The molecule has 156 valence electrons. The zero-order valence-electron chi connectivity index (χ0n) is 16.2. The summed E-state index contributed by atoms with van der Waals surface area (Å²) in [6.45, 7) is 4.55. The SMILES string of the molecule is CSc1ccccc1NC(=O)CCN1CCN(S(=O)(=O)N2CCOCC2)CC1.